The van der Waals surface area contributed by atoms with Gasteiger partial charge in [-0.3, -0.25) is 0 Å². The second-order valence-corrected chi connectivity index (χ2v) is 4.50. The zero-order valence-electron chi connectivity index (χ0n) is 8.59. The van der Waals surface area contributed by atoms with Gasteiger partial charge in [0.15, 0.2) is 0 Å². The van der Waals surface area contributed by atoms with Crippen LogP contribution in [0.5, 0.6) is 0 Å². The van der Waals surface area contributed by atoms with E-state index >= 15 is 0 Å². The van der Waals surface area contributed by atoms with Crippen molar-refractivity contribution in [3.63, 3.8) is 0 Å². The van der Waals surface area contributed by atoms with Gasteiger partial charge in [-0.15, -0.1) is 11.8 Å². The highest BCUT2D eigenvalue weighted by Crippen LogP contribution is 2.17. The van der Waals surface area contributed by atoms with Crippen molar-refractivity contribution in [3.05, 3.63) is 35.4 Å². The average Bonchev–Trinajstić information content (AvgIpc) is 2.26. The molecule has 14 heavy (non-hydrogen) atoms. The van der Waals surface area contributed by atoms with Crippen LogP contribution in [0.1, 0.15) is 18.9 Å². The summed E-state index contributed by atoms with van der Waals surface area (Å²) >= 11 is 5.27. The number of halogens is 1. The molecule has 0 saturated heterocycles. The van der Waals surface area contributed by atoms with Crippen molar-refractivity contribution in [2.75, 3.05) is 11.6 Å². The second kappa shape index (κ2) is 6.31. The van der Waals surface area contributed by atoms with E-state index in [1.807, 2.05) is 0 Å². The number of hydrogen-bond acceptors (Lipinski definition) is 1. The first kappa shape index (κ1) is 11.9. The molecule has 0 fully saturated rings. The van der Waals surface area contributed by atoms with E-state index in [-0.39, 0.29) is 0 Å². The third-order valence-electron chi connectivity index (χ3n) is 2.11. The van der Waals surface area contributed by atoms with E-state index in [2.05, 4.69) is 59.5 Å². The van der Waals surface area contributed by atoms with Gasteiger partial charge in [-0.05, 0) is 30.4 Å². The molecule has 1 aromatic rings. The van der Waals surface area contributed by atoms with Gasteiger partial charge in [0.1, 0.15) is 0 Å². The highest BCUT2D eigenvalue weighted by atomic mass is 79.9. The Hall–Kier alpha value is -0.210. The topological polar surface area (TPSA) is 0 Å². The molecular weight excluding hydrogens is 256 g/mol. The quantitative estimate of drug-likeness (QED) is 0.570. The third-order valence-corrected chi connectivity index (χ3v) is 3.58. The van der Waals surface area contributed by atoms with Gasteiger partial charge in [0, 0.05) is 10.2 Å². The van der Waals surface area contributed by atoms with E-state index in [1.54, 1.807) is 11.8 Å². The molecule has 0 unspecified atom stereocenters. The Morgan fingerprint density at radius 3 is 2.43 bits per heavy atom. The number of thioether (sulfide) groups is 1. The zero-order chi connectivity index (χ0) is 10.4. The summed E-state index contributed by atoms with van der Waals surface area (Å²) in [6.45, 7) is 2.18. The van der Waals surface area contributed by atoms with Crippen molar-refractivity contribution < 1.29 is 0 Å². The number of rotatable bonds is 4. The minimum absolute atomic E-state index is 0.966. The van der Waals surface area contributed by atoms with Crippen LogP contribution in [0.2, 0.25) is 0 Å². The monoisotopic (exact) mass is 270 g/mol. The average molecular weight is 271 g/mol. The zero-order valence-corrected chi connectivity index (χ0v) is 11.0. The fourth-order valence-corrected chi connectivity index (χ4v) is 2.14. The minimum atomic E-state index is 0.966. The summed E-state index contributed by atoms with van der Waals surface area (Å²) in [6.07, 6.45) is 5.45. The Balaban J connectivity index is 2.81. The van der Waals surface area contributed by atoms with Crippen molar-refractivity contribution in [1.82, 2.24) is 0 Å². The summed E-state index contributed by atoms with van der Waals surface area (Å²) < 4.78 is 0. The Morgan fingerprint density at radius 2 is 2.00 bits per heavy atom. The molecule has 0 bridgehead atoms. The molecule has 0 nitrogen and oxygen atoms in total. The lowest BCUT2D eigenvalue weighted by Gasteiger charge is -2.01. The number of allylic oxidation sites excluding steroid dienone is 1. The van der Waals surface area contributed by atoms with Gasteiger partial charge in [0.25, 0.3) is 0 Å². The highest BCUT2D eigenvalue weighted by Gasteiger charge is 1.93. The Morgan fingerprint density at radius 1 is 1.36 bits per heavy atom. The predicted octanol–water partition coefficient (Wildman–Crippen LogP) is 4.60. The summed E-state index contributed by atoms with van der Waals surface area (Å²) in [6, 6.07) is 8.67. The molecule has 1 rings (SSSR count). The molecule has 0 atom stereocenters. The first-order valence-electron chi connectivity index (χ1n) is 4.69. The van der Waals surface area contributed by atoms with Gasteiger partial charge in [-0.1, -0.05) is 46.6 Å². The van der Waals surface area contributed by atoms with E-state index in [4.69, 9.17) is 0 Å². The molecule has 0 spiro atoms. The van der Waals surface area contributed by atoms with Crippen LogP contribution < -0.4 is 0 Å². The molecule has 0 aromatic heterocycles. The summed E-state index contributed by atoms with van der Waals surface area (Å²) in [7, 11) is 0. The van der Waals surface area contributed by atoms with E-state index in [9.17, 15) is 0 Å². The number of hydrogen-bond donors (Lipinski definition) is 0. The molecule has 0 heterocycles. The standard InChI is InChI=1S/C12H15BrS/c1-3-10(9-13)8-11-4-6-12(14-2)7-5-11/h4-8H,3,9H2,1-2H3. The van der Waals surface area contributed by atoms with Gasteiger partial charge in [0.05, 0.1) is 0 Å². The van der Waals surface area contributed by atoms with Crippen molar-refractivity contribution >= 4 is 33.8 Å². The van der Waals surface area contributed by atoms with Gasteiger partial charge in [-0.2, -0.15) is 0 Å². The van der Waals surface area contributed by atoms with E-state index in [0.717, 1.165) is 11.8 Å². The molecule has 0 N–H and O–H groups in total. The number of benzene rings is 1. The fourth-order valence-electron chi connectivity index (χ4n) is 1.17. The molecular formula is C12H15BrS. The first-order valence-corrected chi connectivity index (χ1v) is 7.04. The smallest absolute Gasteiger partial charge is 0.0245 e. The Labute approximate surface area is 98.9 Å². The molecule has 0 amide bonds. The molecule has 2 heteroatoms. The van der Waals surface area contributed by atoms with Crippen LogP contribution in [-0.4, -0.2) is 11.6 Å². The summed E-state index contributed by atoms with van der Waals surface area (Å²) in [5, 5.41) is 0.966. The van der Waals surface area contributed by atoms with Crippen LogP contribution in [0.15, 0.2) is 34.7 Å². The summed E-state index contributed by atoms with van der Waals surface area (Å²) in [5.41, 5.74) is 2.72. The van der Waals surface area contributed by atoms with Crippen LogP contribution in [0.4, 0.5) is 0 Å². The molecule has 0 aliphatic heterocycles. The maximum atomic E-state index is 3.49. The predicted molar refractivity (Wildman–Crippen MR) is 70.3 cm³/mol. The molecule has 0 aliphatic carbocycles. The lowest BCUT2D eigenvalue weighted by molar-refractivity contribution is 1.12. The molecule has 1 aromatic carbocycles. The second-order valence-electron chi connectivity index (χ2n) is 3.06. The lowest BCUT2D eigenvalue weighted by Crippen LogP contribution is -1.82. The maximum absolute atomic E-state index is 3.49. The lowest BCUT2D eigenvalue weighted by atomic mass is 10.1. The Bertz CT molecular complexity index is 295. The van der Waals surface area contributed by atoms with Gasteiger partial charge in [0.2, 0.25) is 0 Å². The summed E-state index contributed by atoms with van der Waals surface area (Å²) in [5.74, 6) is 0. The largest absolute Gasteiger partial charge is 0.130 e. The van der Waals surface area contributed by atoms with Gasteiger partial charge < -0.3 is 0 Å². The van der Waals surface area contributed by atoms with Crippen LogP contribution >= 0.6 is 27.7 Å². The highest BCUT2D eigenvalue weighted by molar-refractivity contribution is 9.09. The van der Waals surface area contributed by atoms with E-state index in [0.29, 0.717) is 0 Å². The number of alkyl halides is 1. The summed E-state index contributed by atoms with van der Waals surface area (Å²) in [4.78, 5) is 1.32. The van der Waals surface area contributed by atoms with E-state index in [1.165, 1.54) is 16.0 Å². The minimum Gasteiger partial charge on any atom is -0.130 e. The van der Waals surface area contributed by atoms with Crippen LogP contribution in [0.3, 0.4) is 0 Å². The molecule has 0 radical (unpaired) electrons. The first-order chi connectivity index (χ1) is 6.80. The molecule has 76 valence electrons. The van der Waals surface area contributed by atoms with Crippen molar-refractivity contribution in [1.29, 1.82) is 0 Å². The maximum Gasteiger partial charge on any atom is 0.0245 e. The van der Waals surface area contributed by atoms with Crippen molar-refractivity contribution in [2.24, 2.45) is 0 Å². The van der Waals surface area contributed by atoms with Crippen LogP contribution in [0, 0.1) is 0 Å². The normalized spacial score (nSPS) is 11.8. The Kier molecular flexibility index (Phi) is 5.34. The third kappa shape index (κ3) is 3.50. The molecule has 0 aliphatic rings. The SMILES string of the molecule is CCC(=Cc1ccc(SC)cc1)CBr. The van der Waals surface area contributed by atoms with Gasteiger partial charge >= 0.3 is 0 Å². The van der Waals surface area contributed by atoms with E-state index < -0.39 is 0 Å². The van der Waals surface area contributed by atoms with Crippen molar-refractivity contribution in [3.8, 4) is 0 Å². The fraction of sp³-hybridized carbons (Fsp3) is 0.333. The van der Waals surface area contributed by atoms with Crippen molar-refractivity contribution in [2.45, 2.75) is 18.2 Å². The van der Waals surface area contributed by atoms with Gasteiger partial charge in [-0.25, -0.2) is 0 Å². The van der Waals surface area contributed by atoms with Crippen LogP contribution in [-0.2, 0) is 0 Å². The molecule has 0 saturated carbocycles. The van der Waals surface area contributed by atoms with Crippen LogP contribution in [0.25, 0.3) is 6.08 Å².